The number of hydrogen-bond acceptors (Lipinski definition) is 8. The Morgan fingerprint density at radius 3 is 2.53 bits per heavy atom. The lowest BCUT2D eigenvalue weighted by molar-refractivity contribution is -0.137. The number of nitrogens with zero attached hydrogens (tertiary/aromatic N) is 5. The number of carbonyl (C=O) groups is 1. The first-order valence-electron chi connectivity index (χ1n) is 11.5. The van der Waals surface area contributed by atoms with Crippen LogP contribution >= 0.6 is 12.8 Å². The first kappa shape index (κ1) is 25.5. The fraction of sp³-hybridized carbons (Fsp3) is 0.200. The third-order valence-electron chi connectivity index (χ3n) is 6.11. The first-order chi connectivity index (χ1) is 18.1. The van der Waals surface area contributed by atoms with Crippen LogP contribution in [-0.4, -0.2) is 48.7 Å². The van der Waals surface area contributed by atoms with Crippen molar-refractivity contribution in [3.63, 3.8) is 0 Å². The van der Waals surface area contributed by atoms with Crippen LogP contribution in [0.25, 0.3) is 11.1 Å². The zero-order chi connectivity index (χ0) is 27.0. The first-order valence-corrected chi connectivity index (χ1v) is 11.9. The molecular weight excluding hydrogens is 519 g/mol. The summed E-state index contributed by atoms with van der Waals surface area (Å²) in [5.41, 5.74) is 2.96. The van der Waals surface area contributed by atoms with E-state index in [9.17, 15) is 18.0 Å². The van der Waals surface area contributed by atoms with E-state index in [1.54, 1.807) is 55.8 Å². The minimum Gasteiger partial charge on any atom is -0.396 e. The van der Waals surface area contributed by atoms with Gasteiger partial charge in [-0.3, -0.25) is 4.79 Å². The van der Waals surface area contributed by atoms with E-state index in [0.29, 0.717) is 23.9 Å². The summed E-state index contributed by atoms with van der Waals surface area (Å²) < 4.78 is 43.0. The molecule has 3 heterocycles. The Morgan fingerprint density at radius 1 is 1.11 bits per heavy atom. The van der Waals surface area contributed by atoms with Gasteiger partial charge in [-0.25, -0.2) is 9.07 Å². The van der Waals surface area contributed by atoms with Crippen molar-refractivity contribution in [3.8, 4) is 11.1 Å². The Balaban J connectivity index is 1.52. The summed E-state index contributed by atoms with van der Waals surface area (Å²) in [5, 5.41) is 18.8. The maximum absolute atomic E-state index is 13.9. The van der Waals surface area contributed by atoms with Crippen LogP contribution in [0.1, 0.15) is 27.0 Å². The second kappa shape index (κ2) is 9.99. The van der Waals surface area contributed by atoms with Crippen molar-refractivity contribution in [2.45, 2.75) is 19.1 Å². The fourth-order valence-electron chi connectivity index (χ4n) is 4.27. The van der Waals surface area contributed by atoms with Crippen molar-refractivity contribution in [2.75, 3.05) is 24.3 Å². The molecule has 2 aromatic heterocycles. The number of aromatic nitrogens is 4. The summed E-state index contributed by atoms with van der Waals surface area (Å²) in [4.78, 5) is 22.5. The van der Waals surface area contributed by atoms with Crippen LogP contribution in [0.15, 0.2) is 55.0 Å². The van der Waals surface area contributed by atoms with Crippen LogP contribution < -0.4 is 10.6 Å². The average molecular weight is 542 g/mol. The molecule has 1 amide bonds. The summed E-state index contributed by atoms with van der Waals surface area (Å²) in [5.74, 6) is -0.882. The molecule has 5 rings (SSSR count). The van der Waals surface area contributed by atoms with E-state index in [2.05, 4.69) is 38.5 Å². The minimum atomic E-state index is -4.74. The summed E-state index contributed by atoms with van der Waals surface area (Å²) in [6, 6.07) is 10.3. The second-order valence-corrected chi connectivity index (χ2v) is 9.11. The van der Waals surface area contributed by atoms with Gasteiger partial charge in [0, 0.05) is 43.8 Å². The maximum Gasteiger partial charge on any atom is 0.421 e. The number of alkyl halides is 3. The number of thiol groups is 1. The largest absolute Gasteiger partial charge is 0.421 e. The molecule has 0 saturated carbocycles. The van der Waals surface area contributed by atoms with E-state index in [1.807, 2.05) is 0 Å². The van der Waals surface area contributed by atoms with Gasteiger partial charge in [-0.1, -0.05) is 18.2 Å². The smallest absolute Gasteiger partial charge is 0.396 e. The molecule has 0 unspecified atom stereocenters. The van der Waals surface area contributed by atoms with E-state index < -0.39 is 17.6 Å². The standard InChI is InChI=1S/C25H22F3N7O2S/c1-34-13-18-17(15-10-30-35(38)12-15)6-7-20(21(18)23(34)37)32-22-19(25(26,27)28)11-29-24(33-22)31-16-4-2-14(3-5-16)8-9-36/h2-7,10-12,36,38H,8-9,13H2,1H3,(H2,29,31,32,33). The SMILES string of the molecule is CN1Cc2c(-c3cnn(S)c3)ccc(Nc3nc(Nc4ccc(CCO)cc4)ncc3C(F)(F)F)c2C1=O. The summed E-state index contributed by atoms with van der Waals surface area (Å²) >= 11 is 4.16. The van der Waals surface area contributed by atoms with Crippen LogP contribution in [0.5, 0.6) is 0 Å². The molecule has 0 aliphatic carbocycles. The van der Waals surface area contributed by atoms with Crippen molar-refractivity contribution < 1.29 is 23.1 Å². The molecular formula is C25H22F3N7O2S. The molecule has 4 aromatic rings. The number of benzene rings is 2. The highest BCUT2D eigenvalue weighted by Crippen LogP contribution is 2.40. The predicted molar refractivity (Wildman–Crippen MR) is 139 cm³/mol. The molecule has 196 valence electrons. The van der Waals surface area contributed by atoms with E-state index in [-0.39, 0.29) is 36.3 Å². The van der Waals surface area contributed by atoms with Crippen LogP contribution in [-0.2, 0) is 19.1 Å². The number of aliphatic hydroxyl groups excluding tert-OH is 1. The van der Waals surface area contributed by atoms with Gasteiger partial charge in [-0.15, -0.1) is 0 Å². The highest BCUT2D eigenvalue weighted by Gasteiger charge is 2.37. The normalized spacial score (nSPS) is 13.1. The van der Waals surface area contributed by atoms with Crippen LogP contribution in [0, 0.1) is 0 Å². The Labute approximate surface area is 220 Å². The number of halogens is 3. The zero-order valence-corrected chi connectivity index (χ0v) is 20.9. The average Bonchev–Trinajstić information content (AvgIpc) is 3.43. The van der Waals surface area contributed by atoms with Gasteiger partial charge < -0.3 is 20.6 Å². The van der Waals surface area contributed by atoms with Crippen molar-refractivity contribution >= 4 is 41.9 Å². The molecule has 0 spiro atoms. The fourth-order valence-corrected chi connectivity index (χ4v) is 4.44. The number of fused-ring (bicyclic) bond motifs is 1. The number of carbonyl (C=O) groups excluding carboxylic acids is 1. The van der Waals surface area contributed by atoms with Gasteiger partial charge >= 0.3 is 6.18 Å². The molecule has 38 heavy (non-hydrogen) atoms. The predicted octanol–water partition coefficient (Wildman–Crippen LogP) is 4.66. The lowest BCUT2D eigenvalue weighted by atomic mass is 9.97. The molecule has 2 aromatic carbocycles. The van der Waals surface area contributed by atoms with Crippen molar-refractivity contribution in [1.82, 2.24) is 24.1 Å². The molecule has 0 saturated heterocycles. The van der Waals surface area contributed by atoms with Crippen LogP contribution in [0.2, 0.25) is 0 Å². The lowest BCUT2D eigenvalue weighted by Gasteiger charge is -2.17. The minimum absolute atomic E-state index is 0.00558. The van der Waals surface area contributed by atoms with Gasteiger partial charge in [0.15, 0.2) is 0 Å². The van der Waals surface area contributed by atoms with Gasteiger partial charge in [0.2, 0.25) is 5.95 Å². The molecule has 0 bridgehead atoms. The summed E-state index contributed by atoms with van der Waals surface area (Å²) in [7, 11) is 1.62. The molecule has 13 heteroatoms. The lowest BCUT2D eigenvalue weighted by Crippen LogP contribution is -2.18. The Morgan fingerprint density at radius 2 is 1.87 bits per heavy atom. The topological polar surface area (TPSA) is 108 Å². The third kappa shape index (κ3) is 5.02. The second-order valence-electron chi connectivity index (χ2n) is 8.70. The van der Waals surface area contributed by atoms with Gasteiger partial charge in [-0.05, 0) is 54.1 Å². The number of nitrogens with one attached hydrogen (secondary N) is 2. The number of hydrogen-bond donors (Lipinski definition) is 4. The summed E-state index contributed by atoms with van der Waals surface area (Å²) in [6.07, 6.45) is -0.285. The highest BCUT2D eigenvalue weighted by atomic mass is 32.1. The van der Waals surface area contributed by atoms with Gasteiger partial charge in [-0.2, -0.15) is 23.3 Å². The molecule has 1 aliphatic rings. The molecule has 0 atom stereocenters. The van der Waals surface area contributed by atoms with Crippen molar-refractivity contribution in [2.24, 2.45) is 0 Å². The highest BCUT2D eigenvalue weighted by molar-refractivity contribution is 7.78. The molecule has 1 aliphatic heterocycles. The van der Waals surface area contributed by atoms with E-state index >= 15 is 0 Å². The van der Waals surface area contributed by atoms with Gasteiger partial charge in [0.1, 0.15) is 11.4 Å². The molecule has 0 radical (unpaired) electrons. The van der Waals surface area contributed by atoms with Crippen LogP contribution in [0.4, 0.5) is 36.3 Å². The Kier molecular flexibility index (Phi) is 6.71. The number of amides is 1. The number of aliphatic hydroxyl groups is 1. The Bertz CT molecular complexity index is 1510. The van der Waals surface area contributed by atoms with Gasteiger partial charge in [0.05, 0.1) is 17.4 Å². The van der Waals surface area contributed by atoms with E-state index in [1.165, 1.54) is 8.99 Å². The van der Waals surface area contributed by atoms with E-state index in [4.69, 9.17) is 5.11 Å². The Hall–Kier alpha value is -4.10. The zero-order valence-electron chi connectivity index (χ0n) is 20.0. The van der Waals surface area contributed by atoms with Gasteiger partial charge in [0.25, 0.3) is 5.91 Å². The molecule has 3 N–H and O–H groups in total. The monoisotopic (exact) mass is 541 g/mol. The molecule has 0 fully saturated rings. The third-order valence-corrected chi connectivity index (χ3v) is 6.33. The molecule has 9 nitrogen and oxygen atoms in total. The van der Waals surface area contributed by atoms with E-state index in [0.717, 1.165) is 16.7 Å². The van der Waals surface area contributed by atoms with Crippen molar-refractivity contribution in [1.29, 1.82) is 0 Å². The van der Waals surface area contributed by atoms with Crippen molar-refractivity contribution in [3.05, 3.63) is 77.2 Å². The maximum atomic E-state index is 13.9. The number of anilines is 4. The summed E-state index contributed by atoms with van der Waals surface area (Å²) in [6.45, 7) is 0.289. The van der Waals surface area contributed by atoms with Crippen LogP contribution in [0.3, 0.4) is 0 Å². The number of rotatable bonds is 7. The quantitative estimate of drug-likeness (QED) is 0.252.